The molecule has 0 spiro atoms. The van der Waals surface area contributed by atoms with Crippen LogP contribution in [0.3, 0.4) is 0 Å². The van der Waals surface area contributed by atoms with Crippen molar-refractivity contribution in [3.8, 4) is 0 Å². The number of anilines is 1. The zero-order valence-corrected chi connectivity index (χ0v) is 11.5. The average Bonchev–Trinajstić information content (AvgIpc) is 2.51. The van der Waals surface area contributed by atoms with Crippen LogP contribution in [0.25, 0.3) is 0 Å². The molecule has 3 heteroatoms. The molecule has 1 aliphatic rings. The van der Waals surface area contributed by atoms with Crippen molar-refractivity contribution in [3.05, 3.63) is 28.2 Å². The Morgan fingerprint density at radius 3 is 2.75 bits per heavy atom. The summed E-state index contributed by atoms with van der Waals surface area (Å²) < 4.78 is 1.12. The molecule has 1 heterocycles. The molecule has 1 aromatic rings. The Bertz CT molecular complexity index is 388. The van der Waals surface area contributed by atoms with Gasteiger partial charge in [-0.05, 0) is 36.1 Å². The van der Waals surface area contributed by atoms with Gasteiger partial charge in [-0.25, -0.2) is 0 Å². The Morgan fingerprint density at radius 1 is 1.44 bits per heavy atom. The molecule has 0 atom stereocenters. The van der Waals surface area contributed by atoms with Gasteiger partial charge in [0, 0.05) is 23.2 Å². The molecule has 16 heavy (non-hydrogen) atoms. The molecule has 2 N–H and O–H groups in total. The number of nitrogen functional groups attached to an aromatic ring is 1. The van der Waals surface area contributed by atoms with Crippen molar-refractivity contribution in [2.75, 3.05) is 18.8 Å². The van der Waals surface area contributed by atoms with Crippen LogP contribution >= 0.6 is 15.9 Å². The van der Waals surface area contributed by atoms with Crippen LogP contribution < -0.4 is 5.73 Å². The quantitative estimate of drug-likeness (QED) is 0.844. The summed E-state index contributed by atoms with van der Waals surface area (Å²) in [6.07, 6.45) is 1.29. The van der Waals surface area contributed by atoms with Crippen LogP contribution in [-0.4, -0.2) is 18.0 Å². The van der Waals surface area contributed by atoms with E-state index in [-0.39, 0.29) is 0 Å². The third-order valence-corrected chi connectivity index (χ3v) is 3.97. The van der Waals surface area contributed by atoms with Crippen molar-refractivity contribution < 1.29 is 0 Å². The highest BCUT2D eigenvalue weighted by atomic mass is 79.9. The lowest BCUT2D eigenvalue weighted by Crippen LogP contribution is -2.23. The molecule has 1 saturated heterocycles. The molecular formula is C13H19BrN2. The number of rotatable bonds is 2. The van der Waals surface area contributed by atoms with E-state index in [0.29, 0.717) is 5.41 Å². The summed E-state index contributed by atoms with van der Waals surface area (Å²) in [6, 6.07) is 6.07. The maximum Gasteiger partial charge on any atom is 0.0325 e. The van der Waals surface area contributed by atoms with E-state index < -0.39 is 0 Å². The summed E-state index contributed by atoms with van der Waals surface area (Å²) in [6.45, 7) is 8.08. The highest BCUT2D eigenvalue weighted by Crippen LogP contribution is 2.31. The standard InChI is InChI=1S/C13H19BrN2/c1-13(2)5-6-16(9-13)8-10-3-4-11(15)7-12(10)14/h3-4,7H,5-6,8-9,15H2,1-2H3. The summed E-state index contributed by atoms with van der Waals surface area (Å²) >= 11 is 3.58. The Labute approximate surface area is 106 Å². The van der Waals surface area contributed by atoms with Gasteiger partial charge in [-0.3, -0.25) is 4.90 Å². The topological polar surface area (TPSA) is 29.3 Å². The molecule has 0 saturated carbocycles. The van der Waals surface area contributed by atoms with Crippen LogP contribution in [0.2, 0.25) is 0 Å². The first kappa shape index (κ1) is 11.9. The molecule has 88 valence electrons. The summed E-state index contributed by atoms with van der Waals surface area (Å²) in [7, 11) is 0. The SMILES string of the molecule is CC1(C)CCN(Cc2ccc(N)cc2Br)C1. The minimum Gasteiger partial charge on any atom is -0.399 e. The maximum absolute atomic E-state index is 5.74. The second-order valence-corrected chi connectivity index (χ2v) is 6.33. The predicted octanol–water partition coefficient (Wildman–Crippen LogP) is 3.26. The summed E-state index contributed by atoms with van der Waals surface area (Å²) in [4.78, 5) is 2.51. The van der Waals surface area contributed by atoms with Crippen LogP contribution in [0.4, 0.5) is 5.69 Å². The van der Waals surface area contributed by atoms with E-state index in [1.807, 2.05) is 12.1 Å². The molecule has 1 aliphatic heterocycles. The fraction of sp³-hybridized carbons (Fsp3) is 0.538. The Morgan fingerprint density at radius 2 is 2.19 bits per heavy atom. The first-order chi connectivity index (χ1) is 7.46. The molecule has 0 aromatic heterocycles. The normalized spacial score (nSPS) is 20.2. The second kappa shape index (κ2) is 4.38. The highest BCUT2D eigenvalue weighted by molar-refractivity contribution is 9.10. The lowest BCUT2D eigenvalue weighted by Gasteiger charge is -2.20. The molecule has 2 rings (SSSR count). The van der Waals surface area contributed by atoms with Gasteiger partial charge in [0.1, 0.15) is 0 Å². The molecule has 1 aromatic carbocycles. The van der Waals surface area contributed by atoms with E-state index in [1.54, 1.807) is 0 Å². The summed E-state index contributed by atoms with van der Waals surface area (Å²) in [5.41, 5.74) is 8.35. The number of halogens is 1. The zero-order valence-electron chi connectivity index (χ0n) is 9.96. The minimum absolute atomic E-state index is 0.473. The van der Waals surface area contributed by atoms with Gasteiger partial charge < -0.3 is 5.73 Å². The Hall–Kier alpha value is -0.540. The predicted molar refractivity (Wildman–Crippen MR) is 72.2 cm³/mol. The number of hydrogen-bond donors (Lipinski definition) is 1. The molecule has 2 nitrogen and oxygen atoms in total. The van der Waals surface area contributed by atoms with Gasteiger partial charge in [-0.2, -0.15) is 0 Å². The largest absolute Gasteiger partial charge is 0.399 e. The van der Waals surface area contributed by atoms with E-state index >= 15 is 0 Å². The number of likely N-dealkylation sites (tertiary alicyclic amines) is 1. The molecule has 0 aliphatic carbocycles. The second-order valence-electron chi connectivity index (χ2n) is 5.48. The zero-order chi connectivity index (χ0) is 11.8. The van der Waals surface area contributed by atoms with E-state index in [0.717, 1.165) is 16.7 Å². The van der Waals surface area contributed by atoms with E-state index in [9.17, 15) is 0 Å². The van der Waals surface area contributed by atoms with Crippen LogP contribution in [0.5, 0.6) is 0 Å². The first-order valence-electron chi connectivity index (χ1n) is 5.73. The molecule has 0 radical (unpaired) electrons. The van der Waals surface area contributed by atoms with Gasteiger partial charge in [0.25, 0.3) is 0 Å². The number of benzene rings is 1. The van der Waals surface area contributed by atoms with Crippen LogP contribution in [-0.2, 0) is 6.54 Å². The van der Waals surface area contributed by atoms with Crippen molar-refractivity contribution in [3.63, 3.8) is 0 Å². The summed E-state index contributed by atoms with van der Waals surface area (Å²) in [5.74, 6) is 0. The fourth-order valence-electron chi connectivity index (χ4n) is 2.29. The Balaban J connectivity index is 2.05. The lowest BCUT2D eigenvalue weighted by molar-refractivity contribution is 0.284. The summed E-state index contributed by atoms with van der Waals surface area (Å²) in [5, 5.41) is 0. The smallest absolute Gasteiger partial charge is 0.0325 e. The minimum atomic E-state index is 0.473. The number of hydrogen-bond acceptors (Lipinski definition) is 2. The van der Waals surface area contributed by atoms with Crippen molar-refractivity contribution in [2.45, 2.75) is 26.8 Å². The highest BCUT2D eigenvalue weighted by Gasteiger charge is 2.29. The number of nitrogens with two attached hydrogens (primary N) is 1. The van der Waals surface area contributed by atoms with Gasteiger partial charge in [0.15, 0.2) is 0 Å². The third-order valence-electron chi connectivity index (χ3n) is 3.23. The lowest BCUT2D eigenvalue weighted by atomic mass is 9.93. The number of nitrogens with zero attached hydrogens (tertiary/aromatic N) is 1. The van der Waals surface area contributed by atoms with Gasteiger partial charge in [0.2, 0.25) is 0 Å². The molecular weight excluding hydrogens is 264 g/mol. The van der Waals surface area contributed by atoms with Crippen molar-refractivity contribution >= 4 is 21.6 Å². The van der Waals surface area contributed by atoms with Gasteiger partial charge in [-0.1, -0.05) is 35.8 Å². The molecule has 0 amide bonds. The van der Waals surface area contributed by atoms with Crippen LogP contribution in [0, 0.1) is 5.41 Å². The average molecular weight is 283 g/mol. The van der Waals surface area contributed by atoms with Gasteiger partial charge in [0.05, 0.1) is 0 Å². The molecule has 1 fully saturated rings. The monoisotopic (exact) mass is 282 g/mol. The first-order valence-corrected chi connectivity index (χ1v) is 6.52. The van der Waals surface area contributed by atoms with E-state index in [1.165, 1.54) is 25.1 Å². The van der Waals surface area contributed by atoms with E-state index in [4.69, 9.17) is 5.73 Å². The van der Waals surface area contributed by atoms with Crippen molar-refractivity contribution in [1.29, 1.82) is 0 Å². The van der Waals surface area contributed by atoms with Crippen LogP contribution in [0.15, 0.2) is 22.7 Å². The van der Waals surface area contributed by atoms with Gasteiger partial charge >= 0.3 is 0 Å². The van der Waals surface area contributed by atoms with Crippen molar-refractivity contribution in [2.24, 2.45) is 5.41 Å². The maximum atomic E-state index is 5.74. The molecule has 0 bridgehead atoms. The van der Waals surface area contributed by atoms with Crippen LogP contribution in [0.1, 0.15) is 25.8 Å². The molecule has 0 unspecified atom stereocenters. The Kier molecular flexibility index (Phi) is 3.27. The fourth-order valence-corrected chi connectivity index (χ4v) is 2.81. The van der Waals surface area contributed by atoms with Crippen molar-refractivity contribution in [1.82, 2.24) is 4.90 Å². The van der Waals surface area contributed by atoms with Gasteiger partial charge in [-0.15, -0.1) is 0 Å². The van der Waals surface area contributed by atoms with E-state index in [2.05, 4.69) is 40.7 Å². The third kappa shape index (κ3) is 2.77.